The number of nitrogens with one attached hydrogen (secondary N) is 1. The second kappa shape index (κ2) is 6.90. The molecule has 0 bridgehead atoms. The SMILES string of the molecule is CCCC(COC)Nc1cc(F)ccc1[N+](=O)[O-]. The van der Waals surface area contributed by atoms with Gasteiger partial charge in [0.1, 0.15) is 11.5 Å². The maximum absolute atomic E-state index is 13.1. The minimum Gasteiger partial charge on any atom is -0.383 e. The highest BCUT2D eigenvalue weighted by molar-refractivity contribution is 5.61. The summed E-state index contributed by atoms with van der Waals surface area (Å²) in [6.07, 6.45) is 1.70. The lowest BCUT2D eigenvalue weighted by molar-refractivity contribution is -0.384. The minimum atomic E-state index is -0.530. The zero-order valence-electron chi connectivity index (χ0n) is 10.5. The Bertz CT molecular complexity index is 406. The first-order valence-corrected chi connectivity index (χ1v) is 5.77. The molecular formula is C12H17FN2O3. The number of halogens is 1. The van der Waals surface area contributed by atoms with Crippen molar-refractivity contribution in [3.8, 4) is 0 Å². The molecule has 0 fully saturated rings. The number of hydrogen-bond acceptors (Lipinski definition) is 4. The van der Waals surface area contributed by atoms with E-state index in [1.807, 2.05) is 6.92 Å². The van der Waals surface area contributed by atoms with Crippen LogP contribution in [0.3, 0.4) is 0 Å². The van der Waals surface area contributed by atoms with Crippen molar-refractivity contribution in [2.75, 3.05) is 19.0 Å². The summed E-state index contributed by atoms with van der Waals surface area (Å²) in [4.78, 5) is 10.3. The third-order valence-corrected chi connectivity index (χ3v) is 2.52. The second-order valence-electron chi connectivity index (χ2n) is 4.00. The van der Waals surface area contributed by atoms with E-state index in [1.54, 1.807) is 7.11 Å². The van der Waals surface area contributed by atoms with Gasteiger partial charge in [0, 0.05) is 25.3 Å². The van der Waals surface area contributed by atoms with Gasteiger partial charge in [-0.25, -0.2) is 4.39 Å². The first-order valence-electron chi connectivity index (χ1n) is 5.77. The van der Waals surface area contributed by atoms with Crippen molar-refractivity contribution in [3.05, 3.63) is 34.1 Å². The second-order valence-corrected chi connectivity index (χ2v) is 4.00. The minimum absolute atomic E-state index is 0.0690. The third-order valence-electron chi connectivity index (χ3n) is 2.52. The molecule has 0 spiro atoms. The molecule has 18 heavy (non-hydrogen) atoms. The molecule has 0 aliphatic heterocycles. The fourth-order valence-corrected chi connectivity index (χ4v) is 1.75. The van der Waals surface area contributed by atoms with Crippen LogP contribution in [0.15, 0.2) is 18.2 Å². The predicted octanol–water partition coefficient (Wildman–Crippen LogP) is 2.96. The van der Waals surface area contributed by atoms with Crippen LogP contribution >= 0.6 is 0 Å². The smallest absolute Gasteiger partial charge is 0.292 e. The van der Waals surface area contributed by atoms with E-state index in [-0.39, 0.29) is 17.4 Å². The molecule has 100 valence electrons. The van der Waals surface area contributed by atoms with Gasteiger partial charge in [0.25, 0.3) is 5.69 Å². The van der Waals surface area contributed by atoms with Crippen LogP contribution in [0, 0.1) is 15.9 Å². The van der Waals surface area contributed by atoms with Gasteiger partial charge in [-0.3, -0.25) is 10.1 Å². The van der Waals surface area contributed by atoms with E-state index >= 15 is 0 Å². The van der Waals surface area contributed by atoms with Crippen LogP contribution in [-0.2, 0) is 4.74 Å². The third kappa shape index (κ3) is 3.96. The maximum atomic E-state index is 13.1. The number of nitro benzene ring substituents is 1. The molecular weight excluding hydrogens is 239 g/mol. The quantitative estimate of drug-likeness (QED) is 0.601. The highest BCUT2D eigenvalue weighted by Gasteiger charge is 2.17. The van der Waals surface area contributed by atoms with E-state index in [4.69, 9.17) is 4.74 Å². The van der Waals surface area contributed by atoms with Crippen molar-refractivity contribution < 1.29 is 14.1 Å². The first-order chi connectivity index (χ1) is 8.58. The molecule has 1 N–H and O–H groups in total. The van der Waals surface area contributed by atoms with Gasteiger partial charge < -0.3 is 10.1 Å². The van der Waals surface area contributed by atoms with Crippen LogP contribution in [0.2, 0.25) is 0 Å². The number of hydrogen-bond donors (Lipinski definition) is 1. The lowest BCUT2D eigenvalue weighted by atomic mass is 10.1. The predicted molar refractivity (Wildman–Crippen MR) is 67.2 cm³/mol. The van der Waals surface area contributed by atoms with Gasteiger partial charge in [0.05, 0.1) is 11.5 Å². The van der Waals surface area contributed by atoms with Gasteiger partial charge in [-0.1, -0.05) is 13.3 Å². The summed E-state index contributed by atoms with van der Waals surface area (Å²) in [5.74, 6) is -0.504. The zero-order chi connectivity index (χ0) is 13.5. The zero-order valence-corrected chi connectivity index (χ0v) is 10.5. The Morgan fingerprint density at radius 3 is 2.83 bits per heavy atom. The molecule has 0 aromatic heterocycles. The van der Waals surface area contributed by atoms with E-state index in [2.05, 4.69) is 5.32 Å². The Balaban J connectivity index is 2.92. The van der Waals surface area contributed by atoms with Crippen molar-refractivity contribution in [1.82, 2.24) is 0 Å². The fourth-order valence-electron chi connectivity index (χ4n) is 1.75. The molecule has 0 amide bonds. The summed E-state index contributed by atoms with van der Waals surface area (Å²) in [5, 5.41) is 13.8. The lowest BCUT2D eigenvalue weighted by Gasteiger charge is -2.18. The van der Waals surface area contributed by atoms with Crippen LogP contribution in [0.4, 0.5) is 15.8 Å². The first kappa shape index (κ1) is 14.4. The largest absolute Gasteiger partial charge is 0.383 e. The molecule has 1 rings (SSSR count). The van der Waals surface area contributed by atoms with Crippen LogP contribution in [-0.4, -0.2) is 24.7 Å². The summed E-state index contributed by atoms with van der Waals surface area (Å²) < 4.78 is 18.2. The Hall–Kier alpha value is -1.69. The van der Waals surface area contributed by atoms with Crippen molar-refractivity contribution >= 4 is 11.4 Å². The normalized spacial score (nSPS) is 12.2. The Morgan fingerprint density at radius 2 is 2.28 bits per heavy atom. The van der Waals surface area contributed by atoms with E-state index in [0.29, 0.717) is 6.61 Å². The maximum Gasteiger partial charge on any atom is 0.292 e. The summed E-state index contributed by atoms with van der Waals surface area (Å²) >= 11 is 0. The van der Waals surface area contributed by atoms with Crippen LogP contribution < -0.4 is 5.32 Å². The standard InChI is InChI=1S/C12H17FN2O3/c1-3-4-10(8-18-2)14-11-7-9(13)5-6-12(11)15(16)17/h5-7,10,14H,3-4,8H2,1-2H3. The van der Waals surface area contributed by atoms with Crippen molar-refractivity contribution in [2.45, 2.75) is 25.8 Å². The van der Waals surface area contributed by atoms with Gasteiger partial charge in [-0.05, 0) is 12.5 Å². The fraction of sp³-hybridized carbons (Fsp3) is 0.500. The molecule has 1 unspecified atom stereocenters. The molecule has 0 aliphatic carbocycles. The number of ether oxygens (including phenoxy) is 1. The molecule has 1 aromatic carbocycles. The Labute approximate surface area is 105 Å². The molecule has 5 nitrogen and oxygen atoms in total. The van der Waals surface area contributed by atoms with E-state index < -0.39 is 10.7 Å². The van der Waals surface area contributed by atoms with Gasteiger partial charge in [-0.2, -0.15) is 0 Å². The summed E-state index contributed by atoms with van der Waals surface area (Å²) in [5.41, 5.74) is 0.0594. The average Bonchev–Trinajstić information content (AvgIpc) is 2.29. The molecule has 1 atom stereocenters. The van der Waals surface area contributed by atoms with Crippen molar-refractivity contribution in [1.29, 1.82) is 0 Å². The molecule has 0 saturated heterocycles. The van der Waals surface area contributed by atoms with Gasteiger partial charge in [-0.15, -0.1) is 0 Å². The molecule has 0 saturated carbocycles. The van der Waals surface area contributed by atoms with E-state index in [0.717, 1.165) is 31.0 Å². The number of anilines is 1. The van der Waals surface area contributed by atoms with Crippen LogP contribution in [0.25, 0.3) is 0 Å². The number of nitrogens with zero attached hydrogens (tertiary/aromatic N) is 1. The monoisotopic (exact) mass is 256 g/mol. The number of methoxy groups -OCH3 is 1. The van der Waals surface area contributed by atoms with Crippen molar-refractivity contribution in [3.63, 3.8) is 0 Å². The molecule has 6 heteroatoms. The summed E-state index contributed by atoms with van der Waals surface area (Å²) in [6, 6.07) is 3.30. The molecule has 0 aliphatic rings. The average molecular weight is 256 g/mol. The number of nitro groups is 1. The summed E-state index contributed by atoms with van der Waals surface area (Å²) in [7, 11) is 1.56. The van der Waals surface area contributed by atoms with Gasteiger partial charge in [0.15, 0.2) is 0 Å². The molecule has 0 radical (unpaired) electrons. The van der Waals surface area contributed by atoms with Crippen LogP contribution in [0.5, 0.6) is 0 Å². The lowest BCUT2D eigenvalue weighted by Crippen LogP contribution is -2.25. The van der Waals surface area contributed by atoms with Crippen molar-refractivity contribution in [2.24, 2.45) is 0 Å². The van der Waals surface area contributed by atoms with Crippen LogP contribution in [0.1, 0.15) is 19.8 Å². The summed E-state index contributed by atoms with van der Waals surface area (Å²) in [6.45, 7) is 2.42. The number of rotatable bonds is 7. The Kier molecular flexibility index (Phi) is 5.51. The van der Waals surface area contributed by atoms with E-state index in [1.165, 1.54) is 0 Å². The highest BCUT2D eigenvalue weighted by atomic mass is 19.1. The highest BCUT2D eigenvalue weighted by Crippen LogP contribution is 2.26. The van der Waals surface area contributed by atoms with Gasteiger partial charge >= 0.3 is 0 Å². The Morgan fingerprint density at radius 1 is 1.56 bits per heavy atom. The van der Waals surface area contributed by atoms with E-state index in [9.17, 15) is 14.5 Å². The van der Waals surface area contributed by atoms with Gasteiger partial charge in [0.2, 0.25) is 0 Å². The number of benzene rings is 1. The molecule has 0 heterocycles. The topological polar surface area (TPSA) is 64.4 Å². The molecule has 1 aromatic rings.